The third-order valence-electron chi connectivity index (χ3n) is 3.46. The molecule has 0 aromatic heterocycles. The van der Waals surface area contributed by atoms with Crippen molar-refractivity contribution in [1.29, 1.82) is 0 Å². The number of hydrogen-bond donors (Lipinski definition) is 1. The lowest BCUT2D eigenvalue weighted by Crippen LogP contribution is -2.34. The quantitative estimate of drug-likeness (QED) is 0.832. The lowest BCUT2D eigenvalue weighted by Gasteiger charge is -2.22. The minimum Gasteiger partial charge on any atom is -0.461 e. The molecule has 0 saturated carbocycles. The van der Waals surface area contributed by atoms with Crippen LogP contribution < -0.4 is 5.32 Å². The van der Waals surface area contributed by atoms with Crippen molar-refractivity contribution in [2.24, 2.45) is 0 Å². The molecule has 0 spiro atoms. The molecule has 1 N–H and O–H groups in total. The molecule has 1 heterocycles. The smallest absolute Gasteiger partial charge is 0.306 e. The number of hydrogen-bond acceptors (Lipinski definition) is 3. The van der Waals surface area contributed by atoms with Crippen molar-refractivity contribution in [1.82, 2.24) is 5.32 Å². The Morgan fingerprint density at radius 2 is 2.21 bits per heavy atom. The monoisotopic (exact) mass is 265 g/mol. The van der Waals surface area contributed by atoms with Gasteiger partial charge in [-0.3, -0.25) is 4.79 Å². The van der Waals surface area contributed by atoms with E-state index in [9.17, 15) is 9.18 Å². The molecule has 1 unspecified atom stereocenters. The fourth-order valence-corrected chi connectivity index (χ4v) is 2.31. The predicted octanol–water partition coefficient (Wildman–Crippen LogP) is 2.79. The van der Waals surface area contributed by atoms with Crippen LogP contribution in [0.3, 0.4) is 0 Å². The minimum absolute atomic E-state index is 0.0175. The van der Waals surface area contributed by atoms with Crippen molar-refractivity contribution in [3.8, 4) is 0 Å². The van der Waals surface area contributed by atoms with E-state index in [4.69, 9.17) is 4.74 Å². The summed E-state index contributed by atoms with van der Waals surface area (Å²) in [5.74, 6) is -0.583. The molecule has 2 rings (SSSR count). The lowest BCUT2D eigenvalue weighted by molar-refractivity contribution is -0.145. The zero-order valence-electron chi connectivity index (χ0n) is 11.0. The van der Waals surface area contributed by atoms with E-state index >= 15 is 0 Å². The number of esters is 1. The highest BCUT2D eigenvalue weighted by Gasteiger charge is 2.14. The number of piperidine rings is 1. The Morgan fingerprint density at radius 1 is 1.37 bits per heavy atom. The first kappa shape index (κ1) is 14.0. The van der Waals surface area contributed by atoms with Crippen LogP contribution in [-0.4, -0.2) is 18.6 Å². The van der Waals surface area contributed by atoms with Crippen molar-refractivity contribution in [2.75, 3.05) is 6.54 Å². The molecule has 0 bridgehead atoms. The molecule has 1 saturated heterocycles. The van der Waals surface area contributed by atoms with Crippen molar-refractivity contribution in [3.05, 3.63) is 35.6 Å². The van der Waals surface area contributed by atoms with E-state index in [0.29, 0.717) is 18.0 Å². The third-order valence-corrected chi connectivity index (χ3v) is 3.46. The van der Waals surface area contributed by atoms with Gasteiger partial charge in [-0.1, -0.05) is 24.6 Å². The zero-order chi connectivity index (χ0) is 13.5. The molecule has 1 aliphatic rings. The molecule has 19 heavy (non-hydrogen) atoms. The van der Waals surface area contributed by atoms with E-state index in [-0.39, 0.29) is 18.4 Å². The van der Waals surface area contributed by atoms with E-state index in [1.807, 2.05) is 0 Å². The molecule has 1 atom stereocenters. The molecule has 3 nitrogen and oxygen atoms in total. The summed E-state index contributed by atoms with van der Waals surface area (Å²) in [5, 5.41) is 3.39. The Balaban J connectivity index is 1.68. The Morgan fingerprint density at radius 3 is 2.95 bits per heavy atom. The van der Waals surface area contributed by atoms with Crippen LogP contribution >= 0.6 is 0 Å². The van der Waals surface area contributed by atoms with Gasteiger partial charge in [0.05, 0.1) is 0 Å². The van der Waals surface area contributed by atoms with Gasteiger partial charge in [-0.05, 0) is 31.9 Å². The summed E-state index contributed by atoms with van der Waals surface area (Å²) in [6.45, 7) is 1.05. The van der Waals surface area contributed by atoms with Gasteiger partial charge in [-0.2, -0.15) is 0 Å². The van der Waals surface area contributed by atoms with Crippen LogP contribution in [0.15, 0.2) is 24.3 Å². The van der Waals surface area contributed by atoms with Gasteiger partial charge in [-0.15, -0.1) is 0 Å². The molecule has 0 aliphatic carbocycles. The molecule has 1 aromatic rings. The number of carbonyl (C=O) groups is 1. The summed E-state index contributed by atoms with van der Waals surface area (Å²) in [7, 11) is 0. The molecule has 1 fully saturated rings. The summed E-state index contributed by atoms with van der Waals surface area (Å²) in [6, 6.07) is 6.78. The third kappa shape index (κ3) is 4.63. The number of rotatable bonds is 5. The van der Waals surface area contributed by atoms with Crippen LogP contribution in [-0.2, 0) is 16.1 Å². The summed E-state index contributed by atoms with van der Waals surface area (Å²) in [5.41, 5.74) is 0.423. The molecule has 104 valence electrons. The van der Waals surface area contributed by atoms with Crippen molar-refractivity contribution < 1.29 is 13.9 Å². The molecular formula is C15H20FNO2. The van der Waals surface area contributed by atoms with Gasteiger partial charge in [-0.25, -0.2) is 4.39 Å². The van der Waals surface area contributed by atoms with Gasteiger partial charge in [0, 0.05) is 18.0 Å². The molecule has 0 radical (unpaired) electrons. The van der Waals surface area contributed by atoms with E-state index < -0.39 is 0 Å². The van der Waals surface area contributed by atoms with Crippen molar-refractivity contribution in [2.45, 2.75) is 44.8 Å². The van der Waals surface area contributed by atoms with Crippen LogP contribution in [0.5, 0.6) is 0 Å². The highest BCUT2D eigenvalue weighted by molar-refractivity contribution is 5.69. The van der Waals surface area contributed by atoms with Crippen molar-refractivity contribution >= 4 is 5.97 Å². The first-order valence-electron chi connectivity index (χ1n) is 6.88. The summed E-state index contributed by atoms with van der Waals surface area (Å²) in [4.78, 5) is 11.6. The number of halogens is 1. The second kappa shape index (κ2) is 7.24. The van der Waals surface area contributed by atoms with Crippen molar-refractivity contribution in [3.63, 3.8) is 0 Å². The minimum atomic E-state index is -0.329. The fraction of sp³-hybridized carbons (Fsp3) is 0.533. The topological polar surface area (TPSA) is 38.3 Å². The van der Waals surface area contributed by atoms with Crippen LogP contribution in [0.1, 0.15) is 37.7 Å². The summed E-state index contributed by atoms with van der Waals surface area (Å²) >= 11 is 0. The SMILES string of the molecule is O=C(CCC1CCCCN1)OCc1ccccc1F. The average molecular weight is 265 g/mol. The fourth-order valence-electron chi connectivity index (χ4n) is 2.31. The van der Waals surface area contributed by atoms with E-state index in [1.54, 1.807) is 18.2 Å². The van der Waals surface area contributed by atoms with Gasteiger partial charge in [0.25, 0.3) is 0 Å². The Labute approximate surface area is 113 Å². The zero-order valence-corrected chi connectivity index (χ0v) is 11.0. The van der Waals surface area contributed by atoms with E-state index in [2.05, 4.69) is 5.32 Å². The number of nitrogens with one attached hydrogen (secondary N) is 1. The maximum absolute atomic E-state index is 13.3. The van der Waals surface area contributed by atoms with Gasteiger partial charge < -0.3 is 10.1 Å². The summed E-state index contributed by atoms with van der Waals surface area (Å²) < 4.78 is 18.4. The second-order valence-corrected chi connectivity index (χ2v) is 4.94. The highest BCUT2D eigenvalue weighted by atomic mass is 19.1. The second-order valence-electron chi connectivity index (χ2n) is 4.94. The lowest BCUT2D eigenvalue weighted by atomic mass is 10.0. The molecule has 1 aliphatic heterocycles. The normalized spacial score (nSPS) is 19.1. The molecule has 1 aromatic carbocycles. The Bertz CT molecular complexity index is 416. The number of ether oxygens (including phenoxy) is 1. The highest BCUT2D eigenvalue weighted by Crippen LogP contribution is 2.13. The molecular weight excluding hydrogens is 245 g/mol. The van der Waals surface area contributed by atoms with E-state index in [1.165, 1.54) is 18.9 Å². The van der Waals surface area contributed by atoms with Crippen LogP contribution in [0, 0.1) is 5.82 Å². The maximum atomic E-state index is 13.3. The van der Waals surface area contributed by atoms with E-state index in [0.717, 1.165) is 19.4 Å². The predicted molar refractivity (Wildman–Crippen MR) is 71.1 cm³/mol. The standard InChI is InChI=1S/C15H20FNO2/c16-14-7-2-1-5-12(14)11-19-15(18)9-8-13-6-3-4-10-17-13/h1-2,5,7,13,17H,3-4,6,8-11H2. The molecule has 0 amide bonds. The average Bonchev–Trinajstić information content (AvgIpc) is 2.45. The molecule has 4 heteroatoms. The Kier molecular flexibility index (Phi) is 5.33. The Hall–Kier alpha value is -1.42. The van der Waals surface area contributed by atoms with Gasteiger partial charge in [0.15, 0.2) is 0 Å². The number of carbonyl (C=O) groups excluding carboxylic acids is 1. The largest absolute Gasteiger partial charge is 0.461 e. The van der Waals surface area contributed by atoms with Gasteiger partial charge >= 0.3 is 5.97 Å². The first-order chi connectivity index (χ1) is 9.25. The number of benzene rings is 1. The van der Waals surface area contributed by atoms with Crippen LogP contribution in [0.4, 0.5) is 4.39 Å². The van der Waals surface area contributed by atoms with Crippen LogP contribution in [0.2, 0.25) is 0 Å². The first-order valence-corrected chi connectivity index (χ1v) is 6.88. The maximum Gasteiger partial charge on any atom is 0.306 e. The van der Waals surface area contributed by atoms with Gasteiger partial charge in [0.2, 0.25) is 0 Å². The van der Waals surface area contributed by atoms with Gasteiger partial charge in [0.1, 0.15) is 12.4 Å². The summed E-state index contributed by atoms with van der Waals surface area (Å²) in [6.07, 6.45) is 4.76. The van der Waals surface area contributed by atoms with Crippen LogP contribution in [0.25, 0.3) is 0 Å².